The van der Waals surface area contributed by atoms with Gasteiger partial charge >= 0.3 is 6.41 Å². The number of nitrogens with two attached hydrogens (primary N) is 1. The van der Waals surface area contributed by atoms with Crippen molar-refractivity contribution in [2.45, 2.75) is 6.42 Å². The van der Waals surface area contributed by atoms with Crippen molar-refractivity contribution in [3.05, 3.63) is 11.9 Å². The van der Waals surface area contributed by atoms with Crippen LogP contribution in [0.2, 0.25) is 0 Å². The molecule has 0 saturated heterocycles. The highest BCUT2D eigenvalue weighted by atomic mass is 16.1. The van der Waals surface area contributed by atoms with Gasteiger partial charge in [-0.15, -0.1) is 0 Å². The van der Waals surface area contributed by atoms with E-state index in [2.05, 4.69) is 15.3 Å². The standard InChI is InChI=1S/C6H9N4O/c7-2-1-5-3-8-6(10-5)9-4-11/h3H,1-2,7H2,(H2,8,9,10,11). The molecule has 1 heterocycles. The number of hydrogen-bond donors (Lipinski definition) is 3. The lowest BCUT2D eigenvalue weighted by molar-refractivity contribution is 0.560. The van der Waals surface area contributed by atoms with Gasteiger partial charge in [0.05, 0.1) is 6.20 Å². The molecule has 0 atom stereocenters. The number of rotatable bonds is 4. The zero-order valence-electron chi connectivity index (χ0n) is 5.92. The number of aromatic nitrogens is 2. The van der Waals surface area contributed by atoms with Crippen LogP contribution < -0.4 is 11.1 Å². The SMILES string of the molecule is NCCc1cnc(N[C]=O)[nH]1. The molecule has 1 rings (SSSR count). The minimum absolute atomic E-state index is 0.406. The lowest BCUT2D eigenvalue weighted by Gasteiger charge is -1.90. The number of carbonyl (C=O) groups excluding carboxylic acids is 1. The molecule has 0 spiro atoms. The van der Waals surface area contributed by atoms with Crippen LogP contribution in [0.1, 0.15) is 5.69 Å². The number of H-pyrrole nitrogens is 1. The molecule has 11 heavy (non-hydrogen) atoms. The average molecular weight is 153 g/mol. The normalized spacial score (nSPS) is 9.55. The molecule has 5 heteroatoms. The van der Waals surface area contributed by atoms with Gasteiger partial charge in [0.25, 0.3) is 0 Å². The van der Waals surface area contributed by atoms with Crippen LogP contribution >= 0.6 is 0 Å². The van der Waals surface area contributed by atoms with Crippen LogP contribution in [-0.4, -0.2) is 22.9 Å². The predicted octanol–water partition coefficient (Wildman–Crippen LogP) is -0.610. The molecule has 0 fully saturated rings. The number of hydrogen-bond acceptors (Lipinski definition) is 3. The van der Waals surface area contributed by atoms with Gasteiger partial charge in [-0.3, -0.25) is 10.1 Å². The van der Waals surface area contributed by atoms with Crippen molar-refractivity contribution in [3.63, 3.8) is 0 Å². The number of nitrogens with zero attached hydrogens (tertiary/aromatic N) is 1. The van der Waals surface area contributed by atoms with E-state index in [9.17, 15) is 4.79 Å². The molecule has 0 aliphatic heterocycles. The van der Waals surface area contributed by atoms with Crippen LogP contribution in [0.3, 0.4) is 0 Å². The summed E-state index contributed by atoms with van der Waals surface area (Å²) < 4.78 is 0. The number of anilines is 1. The Morgan fingerprint density at radius 3 is 3.27 bits per heavy atom. The van der Waals surface area contributed by atoms with Crippen LogP contribution in [0.25, 0.3) is 0 Å². The molecule has 1 aromatic rings. The smallest absolute Gasteiger partial charge is 0.316 e. The summed E-state index contributed by atoms with van der Waals surface area (Å²) in [5.41, 5.74) is 6.21. The second kappa shape index (κ2) is 3.72. The van der Waals surface area contributed by atoms with Crippen LogP contribution in [0.5, 0.6) is 0 Å². The monoisotopic (exact) mass is 153 g/mol. The summed E-state index contributed by atoms with van der Waals surface area (Å²) in [6.07, 6.45) is 3.88. The fourth-order valence-electron chi connectivity index (χ4n) is 0.754. The molecule has 0 bridgehead atoms. The number of aromatic amines is 1. The van der Waals surface area contributed by atoms with Crippen molar-refractivity contribution < 1.29 is 4.79 Å². The summed E-state index contributed by atoms with van der Waals surface area (Å²) >= 11 is 0. The average Bonchev–Trinajstić information content (AvgIpc) is 2.38. The Balaban J connectivity index is 2.57. The molecule has 0 aliphatic carbocycles. The van der Waals surface area contributed by atoms with Crippen LogP contribution in [-0.2, 0) is 11.2 Å². The first-order valence-electron chi connectivity index (χ1n) is 3.24. The first-order valence-corrected chi connectivity index (χ1v) is 3.24. The van der Waals surface area contributed by atoms with E-state index in [-0.39, 0.29) is 0 Å². The first-order chi connectivity index (χ1) is 5.36. The van der Waals surface area contributed by atoms with Crippen LogP contribution in [0, 0.1) is 0 Å². The summed E-state index contributed by atoms with van der Waals surface area (Å²) in [6.45, 7) is 0.562. The highest BCUT2D eigenvalue weighted by molar-refractivity contribution is 5.67. The predicted molar refractivity (Wildman–Crippen MR) is 40.7 cm³/mol. The van der Waals surface area contributed by atoms with E-state index in [1.165, 1.54) is 6.41 Å². The maximum Gasteiger partial charge on any atom is 0.316 e. The van der Waals surface area contributed by atoms with Crippen molar-refractivity contribution in [2.75, 3.05) is 11.9 Å². The number of nitrogens with one attached hydrogen (secondary N) is 2. The minimum atomic E-state index is 0.406. The van der Waals surface area contributed by atoms with Gasteiger partial charge in [-0.1, -0.05) is 0 Å². The van der Waals surface area contributed by atoms with Crippen molar-refractivity contribution in [1.82, 2.24) is 9.97 Å². The molecule has 0 aromatic carbocycles. The summed E-state index contributed by atoms with van der Waals surface area (Å²) in [4.78, 5) is 16.5. The maximum atomic E-state index is 9.82. The molecule has 1 amide bonds. The Morgan fingerprint density at radius 2 is 2.64 bits per heavy atom. The van der Waals surface area contributed by atoms with Crippen molar-refractivity contribution >= 4 is 12.4 Å². The number of amides is 1. The molecular weight excluding hydrogens is 144 g/mol. The Hall–Kier alpha value is -1.36. The highest BCUT2D eigenvalue weighted by Gasteiger charge is 1.97. The highest BCUT2D eigenvalue weighted by Crippen LogP contribution is 2.00. The second-order valence-electron chi connectivity index (χ2n) is 2.02. The topological polar surface area (TPSA) is 83.8 Å². The number of imidazole rings is 1. The van der Waals surface area contributed by atoms with Gasteiger partial charge in [-0.25, -0.2) is 4.98 Å². The van der Waals surface area contributed by atoms with Gasteiger partial charge in [0.2, 0.25) is 5.95 Å². The molecule has 0 saturated carbocycles. The van der Waals surface area contributed by atoms with Crippen molar-refractivity contribution in [2.24, 2.45) is 5.73 Å². The molecule has 0 unspecified atom stereocenters. The van der Waals surface area contributed by atoms with E-state index >= 15 is 0 Å². The van der Waals surface area contributed by atoms with E-state index in [0.717, 1.165) is 12.1 Å². The van der Waals surface area contributed by atoms with E-state index < -0.39 is 0 Å². The fraction of sp³-hybridized carbons (Fsp3) is 0.333. The van der Waals surface area contributed by atoms with Crippen LogP contribution in [0.4, 0.5) is 5.95 Å². The Bertz CT molecular complexity index is 232. The molecule has 59 valence electrons. The van der Waals surface area contributed by atoms with Gasteiger partial charge in [0.15, 0.2) is 0 Å². The third kappa shape index (κ3) is 2.05. The Morgan fingerprint density at radius 1 is 1.82 bits per heavy atom. The van der Waals surface area contributed by atoms with E-state index in [1.54, 1.807) is 6.20 Å². The van der Waals surface area contributed by atoms with Gasteiger partial charge in [0.1, 0.15) is 0 Å². The molecule has 0 aliphatic rings. The summed E-state index contributed by atoms with van der Waals surface area (Å²) in [5.74, 6) is 0.406. The lowest BCUT2D eigenvalue weighted by atomic mass is 10.3. The molecule has 5 nitrogen and oxygen atoms in total. The quantitative estimate of drug-likeness (QED) is 0.504. The second-order valence-corrected chi connectivity index (χ2v) is 2.02. The van der Waals surface area contributed by atoms with E-state index in [1.807, 2.05) is 0 Å². The first kappa shape index (κ1) is 7.74. The minimum Gasteiger partial charge on any atom is -0.330 e. The Labute approximate surface area is 64.0 Å². The lowest BCUT2D eigenvalue weighted by Crippen LogP contribution is -2.03. The molecule has 4 N–H and O–H groups in total. The fourth-order valence-corrected chi connectivity index (χ4v) is 0.754. The third-order valence-electron chi connectivity index (χ3n) is 1.21. The zero-order valence-corrected chi connectivity index (χ0v) is 5.92. The zero-order chi connectivity index (χ0) is 8.10. The van der Waals surface area contributed by atoms with Gasteiger partial charge < -0.3 is 10.7 Å². The maximum absolute atomic E-state index is 9.82. The van der Waals surface area contributed by atoms with E-state index in [0.29, 0.717) is 12.5 Å². The molecule has 1 radical (unpaired) electrons. The molecular formula is C6H9N4O. The van der Waals surface area contributed by atoms with Gasteiger partial charge in [0, 0.05) is 12.1 Å². The summed E-state index contributed by atoms with van der Waals surface area (Å²) in [6, 6.07) is 0. The third-order valence-corrected chi connectivity index (χ3v) is 1.21. The Kier molecular flexibility index (Phi) is 2.62. The summed E-state index contributed by atoms with van der Waals surface area (Å²) in [7, 11) is 0. The largest absolute Gasteiger partial charge is 0.330 e. The molecule has 1 aromatic heterocycles. The van der Waals surface area contributed by atoms with Crippen molar-refractivity contribution in [1.29, 1.82) is 0 Å². The van der Waals surface area contributed by atoms with Crippen molar-refractivity contribution in [3.8, 4) is 0 Å². The summed E-state index contributed by atoms with van der Waals surface area (Å²) in [5, 5.41) is 2.27. The van der Waals surface area contributed by atoms with E-state index in [4.69, 9.17) is 5.73 Å². The van der Waals surface area contributed by atoms with Gasteiger partial charge in [-0.05, 0) is 6.54 Å². The van der Waals surface area contributed by atoms with Gasteiger partial charge in [-0.2, -0.15) is 0 Å². The van der Waals surface area contributed by atoms with Crippen LogP contribution in [0.15, 0.2) is 6.20 Å².